The van der Waals surface area contributed by atoms with Gasteiger partial charge in [-0.15, -0.1) is 0 Å². The molecule has 5 fully saturated rings. The van der Waals surface area contributed by atoms with Gasteiger partial charge in [-0.3, -0.25) is 9.18 Å². The molecule has 28 heavy (non-hydrogen) atoms. The van der Waals surface area contributed by atoms with Crippen LogP contribution in [-0.4, -0.2) is 25.2 Å². The Bertz CT molecular complexity index is 746. The summed E-state index contributed by atoms with van der Waals surface area (Å²) in [6.07, 6.45) is 8.72. The van der Waals surface area contributed by atoms with Gasteiger partial charge in [0.05, 0.1) is 12.1 Å². The average molecular weight is 385 g/mol. The van der Waals surface area contributed by atoms with Crippen LogP contribution in [0.3, 0.4) is 0 Å². The van der Waals surface area contributed by atoms with E-state index < -0.39 is 0 Å². The zero-order valence-electron chi connectivity index (χ0n) is 16.8. The van der Waals surface area contributed by atoms with Crippen molar-refractivity contribution in [2.45, 2.75) is 69.2 Å². The van der Waals surface area contributed by atoms with E-state index in [1.165, 1.54) is 5.56 Å². The molecule has 4 bridgehead atoms. The normalized spacial score (nSPS) is 43.6. The maximum atomic E-state index is 13.7. The quantitative estimate of drug-likeness (QED) is 0.776. The monoisotopic (exact) mass is 384 g/mol. The summed E-state index contributed by atoms with van der Waals surface area (Å²) in [7, 11) is 0. The van der Waals surface area contributed by atoms with Gasteiger partial charge in [-0.1, -0.05) is 30.3 Å². The molecule has 1 aromatic carbocycles. The second kappa shape index (κ2) is 6.55. The summed E-state index contributed by atoms with van der Waals surface area (Å²) in [6.45, 7) is 0.444. The first-order chi connectivity index (χ1) is 13.6. The maximum Gasteiger partial charge on any atom is 0.227 e. The van der Waals surface area contributed by atoms with E-state index in [4.69, 9.17) is 5.73 Å². The Morgan fingerprint density at radius 2 is 1.86 bits per heavy atom. The highest BCUT2D eigenvalue weighted by Crippen LogP contribution is 2.82. The van der Waals surface area contributed by atoms with Crippen molar-refractivity contribution in [2.75, 3.05) is 13.2 Å². The van der Waals surface area contributed by atoms with E-state index in [1.807, 2.05) is 0 Å². The molecule has 0 saturated heterocycles. The van der Waals surface area contributed by atoms with E-state index in [1.54, 1.807) is 0 Å². The minimum Gasteiger partial charge on any atom is -0.353 e. The molecule has 5 aliphatic rings. The molecule has 0 spiro atoms. The number of nitrogens with one attached hydrogen (secondary N) is 1. The largest absolute Gasteiger partial charge is 0.353 e. The van der Waals surface area contributed by atoms with E-state index in [0.29, 0.717) is 18.3 Å². The van der Waals surface area contributed by atoms with Gasteiger partial charge in [0.1, 0.15) is 0 Å². The summed E-state index contributed by atoms with van der Waals surface area (Å²) in [6, 6.07) is 11.0. The lowest BCUT2D eigenvalue weighted by atomic mass is 9.65. The fourth-order valence-electron chi connectivity index (χ4n) is 7.86. The molecule has 0 aliphatic heterocycles. The number of alkyl halides is 1. The van der Waals surface area contributed by atoms with Crippen LogP contribution in [0.4, 0.5) is 4.39 Å². The Kier molecular flexibility index (Phi) is 4.35. The van der Waals surface area contributed by atoms with Gasteiger partial charge < -0.3 is 11.1 Å². The molecule has 0 heterocycles. The molecule has 2 unspecified atom stereocenters. The van der Waals surface area contributed by atoms with E-state index in [2.05, 4.69) is 35.6 Å². The van der Waals surface area contributed by atoms with Crippen LogP contribution in [-0.2, 0) is 10.2 Å². The van der Waals surface area contributed by atoms with Crippen LogP contribution in [0.2, 0.25) is 0 Å². The molecule has 6 rings (SSSR count). The molecule has 152 valence electrons. The molecule has 3 nitrogen and oxygen atoms in total. The molecular formula is C24H33FN2O. The highest BCUT2D eigenvalue weighted by Gasteiger charge is 2.79. The minimum absolute atomic E-state index is 0.0883. The van der Waals surface area contributed by atoms with Crippen LogP contribution >= 0.6 is 0 Å². The van der Waals surface area contributed by atoms with Gasteiger partial charge in [0.2, 0.25) is 5.91 Å². The number of halogens is 1. The lowest BCUT2D eigenvalue weighted by molar-refractivity contribution is -0.137. The summed E-state index contributed by atoms with van der Waals surface area (Å²) in [5.74, 6) is 1.37. The van der Waals surface area contributed by atoms with Crippen LogP contribution in [0.1, 0.15) is 63.4 Å². The Labute approximate surface area is 167 Å². The first kappa shape index (κ1) is 18.6. The second-order valence-corrected chi connectivity index (χ2v) is 10.2. The summed E-state index contributed by atoms with van der Waals surface area (Å²) >= 11 is 0. The minimum atomic E-state index is -0.357. The van der Waals surface area contributed by atoms with Gasteiger partial charge in [-0.05, 0) is 92.6 Å². The van der Waals surface area contributed by atoms with Crippen LogP contribution in [0.5, 0.6) is 0 Å². The van der Waals surface area contributed by atoms with E-state index in [-0.39, 0.29) is 34.9 Å². The molecule has 3 N–H and O–H groups in total. The van der Waals surface area contributed by atoms with Crippen LogP contribution in [0, 0.1) is 22.7 Å². The summed E-state index contributed by atoms with van der Waals surface area (Å²) in [5.41, 5.74) is 6.78. The molecule has 4 atom stereocenters. The molecule has 1 aromatic rings. The van der Waals surface area contributed by atoms with E-state index in [9.17, 15) is 9.18 Å². The van der Waals surface area contributed by atoms with Crippen molar-refractivity contribution in [3.63, 3.8) is 0 Å². The van der Waals surface area contributed by atoms with Crippen LogP contribution in [0.25, 0.3) is 0 Å². The molecule has 5 saturated carbocycles. The van der Waals surface area contributed by atoms with Gasteiger partial charge in [0, 0.05) is 6.04 Å². The van der Waals surface area contributed by atoms with Gasteiger partial charge in [0.25, 0.3) is 0 Å². The summed E-state index contributed by atoms with van der Waals surface area (Å²) < 4.78 is 13.6. The van der Waals surface area contributed by atoms with Gasteiger partial charge in [0.15, 0.2) is 0 Å². The topological polar surface area (TPSA) is 55.1 Å². The zero-order chi connectivity index (χ0) is 19.4. The van der Waals surface area contributed by atoms with Crippen molar-refractivity contribution in [2.24, 2.45) is 28.4 Å². The number of nitrogens with two attached hydrogens (primary N) is 1. The first-order valence-electron chi connectivity index (χ1n) is 11.2. The highest BCUT2D eigenvalue weighted by atomic mass is 19.1. The Morgan fingerprint density at radius 1 is 1.11 bits per heavy atom. The predicted octanol–water partition coefficient (Wildman–Crippen LogP) is 4.11. The molecule has 4 heteroatoms. The smallest absolute Gasteiger partial charge is 0.227 e. The average Bonchev–Trinajstić information content (AvgIpc) is 3.39. The van der Waals surface area contributed by atoms with Crippen molar-refractivity contribution in [3.8, 4) is 0 Å². The molecular weight excluding hydrogens is 351 g/mol. The zero-order valence-corrected chi connectivity index (χ0v) is 16.8. The summed E-state index contributed by atoms with van der Waals surface area (Å²) in [4.78, 5) is 13.7. The van der Waals surface area contributed by atoms with Crippen molar-refractivity contribution in [1.82, 2.24) is 5.32 Å². The van der Waals surface area contributed by atoms with Gasteiger partial charge in [-0.2, -0.15) is 0 Å². The third-order valence-corrected chi connectivity index (χ3v) is 9.17. The van der Waals surface area contributed by atoms with Gasteiger partial charge >= 0.3 is 0 Å². The van der Waals surface area contributed by atoms with Crippen LogP contribution < -0.4 is 11.1 Å². The Hall–Kier alpha value is -1.42. The SMILES string of the molecule is NC[C@H]1CC[C@@H](NC(=O)C23CC4C[C@]2(CCF)C[C@@]4(c2ccccc2)C3)CC1. The standard InChI is InChI=1S/C24H33FN2O/c25-11-10-22-12-19-13-24(22,16-23(19,15-22)18-4-2-1-3-5-18)21(28)27-20-8-6-17(14-26)7-9-20/h1-5,17,19-20H,6-16,26H2,(H,27,28)/t17-,19?,20+,22-,23+,24?/m1/s1. The predicted molar refractivity (Wildman–Crippen MR) is 108 cm³/mol. The molecule has 0 aromatic heterocycles. The third kappa shape index (κ3) is 2.39. The highest BCUT2D eigenvalue weighted by molar-refractivity contribution is 5.86. The third-order valence-electron chi connectivity index (χ3n) is 9.17. The maximum absolute atomic E-state index is 13.7. The van der Waals surface area contributed by atoms with Crippen molar-refractivity contribution in [3.05, 3.63) is 35.9 Å². The van der Waals surface area contributed by atoms with Gasteiger partial charge in [-0.25, -0.2) is 0 Å². The summed E-state index contributed by atoms with van der Waals surface area (Å²) in [5, 5.41) is 3.43. The molecule has 1 amide bonds. The number of carbonyl (C=O) groups excluding carboxylic acids is 1. The fraction of sp³-hybridized carbons (Fsp3) is 0.708. The first-order valence-corrected chi connectivity index (χ1v) is 11.2. The number of rotatable bonds is 6. The number of amides is 1. The molecule has 5 aliphatic carbocycles. The number of benzene rings is 1. The molecule has 0 radical (unpaired) electrons. The van der Waals surface area contributed by atoms with Crippen molar-refractivity contribution >= 4 is 5.91 Å². The number of hydrogen-bond donors (Lipinski definition) is 2. The Morgan fingerprint density at radius 3 is 2.54 bits per heavy atom. The fourth-order valence-corrected chi connectivity index (χ4v) is 7.86. The van der Waals surface area contributed by atoms with E-state index in [0.717, 1.165) is 57.9 Å². The van der Waals surface area contributed by atoms with Crippen molar-refractivity contribution < 1.29 is 9.18 Å². The van der Waals surface area contributed by atoms with Crippen molar-refractivity contribution in [1.29, 1.82) is 0 Å². The lowest BCUT2D eigenvalue weighted by Gasteiger charge is -2.40. The van der Waals surface area contributed by atoms with Crippen LogP contribution in [0.15, 0.2) is 30.3 Å². The second-order valence-electron chi connectivity index (χ2n) is 10.2. The lowest BCUT2D eigenvalue weighted by Crippen LogP contribution is -2.50. The number of carbonyl (C=O) groups is 1. The van der Waals surface area contributed by atoms with E-state index >= 15 is 0 Å². The Balaban J connectivity index is 1.40. The number of hydrogen-bond acceptors (Lipinski definition) is 2.